The van der Waals surface area contributed by atoms with E-state index in [0.29, 0.717) is 0 Å². The Bertz CT molecular complexity index is 705. The van der Waals surface area contributed by atoms with Crippen molar-refractivity contribution in [3.05, 3.63) is 53.5 Å². The Morgan fingerprint density at radius 2 is 1.96 bits per heavy atom. The van der Waals surface area contributed by atoms with Crippen LogP contribution in [-0.4, -0.2) is 23.1 Å². The highest BCUT2D eigenvalue weighted by Gasteiger charge is 2.17. The summed E-state index contributed by atoms with van der Waals surface area (Å²) >= 11 is 0. The number of amides is 1. The molecular formula is C17H19NO5. The Balaban J connectivity index is 2.07. The molecule has 0 aliphatic rings. The normalized spacial score (nSPS) is 12.0. The smallest absolute Gasteiger partial charge is 0.338 e. The molecule has 0 aliphatic carbocycles. The summed E-state index contributed by atoms with van der Waals surface area (Å²) in [4.78, 5) is 22.9. The second-order valence-corrected chi connectivity index (χ2v) is 5.44. The fraction of sp³-hybridized carbons (Fsp3) is 0.294. The molecule has 0 saturated heterocycles. The monoisotopic (exact) mass is 317 g/mol. The second-order valence-electron chi connectivity index (χ2n) is 5.44. The van der Waals surface area contributed by atoms with E-state index in [-0.39, 0.29) is 23.5 Å². The van der Waals surface area contributed by atoms with Gasteiger partial charge in [0.1, 0.15) is 12.0 Å². The lowest BCUT2D eigenvalue weighted by Crippen LogP contribution is -2.26. The van der Waals surface area contributed by atoms with Gasteiger partial charge in [0, 0.05) is 6.07 Å². The molecule has 0 saturated carbocycles. The minimum absolute atomic E-state index is 0.0381. The predicted octanol–water partition coefficient (Wildman–Crippen LogP) is 3.26. The molecule has 0 aliphatic heterocycles. The first-order chi connectivity index (χ1) is 10.9. The first-order valence-corrected chi connectivity index (χ1v) is 7.26. The predicted molar refractivity (Wildman–Crippen MR) is 83.8 cm³/mol. The van der Waals surface area contributed by atoms with Gasteiger partial charge >= 0.3 is 5.97 Å². The molecule has 6 heteroatoms. The zero-order chi connectivity index (χ0) is 17.0. The third kappa shape index (κ3) is 4.35. The zero-order valence-electron chi connectivity index (χ0n) is 13.2. The molecule has 2 N–H and O–H groups in total. The maximum Gasteiger partial charge on any atom is 0.338 e. The zero-order valence-corrected chi connectivity index (χ0v) is 13.2. The number of nitrogens with one attached hydrogen (secondary N) is 1. The van der Waals surface area contributed by atoms with Crippen molar-refractivity contribution in [1.29, 1.82) is 0 Å². The van der Waals surface area contributed by atoms with E-state index < -0.39 is 11.9 Å². The highest BCUT2D eigenvalue weighted by atomic mass is 16.5. The van der Waals surface area contributed by atoms with Gasteiger partial charge in [-0.3, -0.25) is 4.79 Å². The van der Waals surface area contributed by atoms with Crippen molar-refractivity contribution in [2.24, 2.45) is 0 Å². The Labute approximate surface area is 134 Å². The number of benzene rings is 1. The molecule has 1 unspecified atom stereocenters. The summed E-state index contributed by atoms with van der Waals surface area (Å²) < 4.78 is 10.6. The van der Waals surface area contributed by atoms with Crippen LogP contribution >= 0.6 is 0 Å². The van der Waals surface area contributed by atoms with Gasteiger partial charge in [-0.25, -0.2) is 4.79 Å². The van der Waals surface area contributed by atoms with Crippen LogP contribution in [0.15, 0.2) is 41.0 Å². The first kappa shape index (κ1) is 16.6. The molecule has 1 amide bonds. The fourth-order valence-corrected chi connectivity index (χ4v) is 2.05. The fourth-order valence-electron chi connectivity index (χ4n) is 2.05. The van der Waals surface area contributed by atoms with Crippen molar-refractivity contribution in [2.45, 2.75) is 32.9 Å². The quantitative estimate of drug-likeness (QED) is 0.853. The van der Waals surface area contributed by atoms with Gasteiger partial charge < -0.3 is 19.6 Å². The summed E-state index contributed by atoms with van der Waals surface area (Å²) in [5.41, 5.74) is 0.816. The van der Waals surface area contributed by atoms with E-state index in [2.05, 4.69) is 5.32 Å². The van der Waals surface area contributed by atoms with Crippen LogP contribution in [-0.2, 0) is 0 Å². The number of carbonyl (C=O) groups excluding carboxylic acids is 1. The number of aromatic carboxylic acids is 1. The molecule has 0 fully saturated rings. The lowest BCUT2D eigenvalue weighted by molar-refractivity contribution is 0.0695. The van der Waals surface area contributed by atoms with Gasteiger partial charge in [0.2, 0.25) is 0 Å². The van der Waals surface area contributed by atoms with Gasteiger partial charge in [0.15, 0.2) is 5.76 Å². The van der Waals surface area contributed by atoms with E-state index in [1.54, 1.807) is 0 Å². The largest absolute Gasteiger partial charge is 0.491 e. The minimum atomic E-state index is -1.14. The van der Waals surface area contributed by atoms with Crippen LogP contribution in [0.2, 0.25) is 0 Å². The molecule has 2 rings (SSSR count). The molecular weight excluding hydrogens is 298 g/mol. The number of hydrogen-bond donors (Lipinski definition) is 2. The van der Waals surface area contributed by atoms with Gasteiger partial charge in [-0.1, -0.05) is 12.1 Å². The van der Waals surface area contributed by atoms with E-state index >= 15 is 0 Å². The van der Waals surface area contributed by atoms with Crippen LogP contribution in [0.4, 0.5) is 0 Å². The van der Waals surface area contributed by atoms with Crippen molar-refractivity contribution in [3.8, 4) is 5.75 Å². The Morgan fingerprint density at radius 1 is 1.22 bits per heavy atom. The topological polar surface area (TPSA) is 88.8 Å². The van der Waals surface area contributed by atoms with Crippen LogP contribution in [0.3, 0.4) is 0 Å². The molecule has 23 heavy (non-hydrogen) atoms. The number of carboxylic acids is 1. The van der Waals surface area contributed by atoms with Crippen LogP contribution in [0.5, 0.6) is 5.75 Å². The van der Waals surface area contributed by atoms with Gasteiger partial charge in [0.25, 0.3) is 5.91 Å². The minimum Gasteiger partial charge on any atom is -0.491 e. The van der Waals surface area contributed by atoms with Crippen LogP contribution < -0.4 is 10.1 Å². The summed E-state index contributed by atoms with van der Waals surface area (Å²) in [6.45, 7) is 5.71. The van der Waals surface area contributed by atoms with Crippen molar-refractivity contribution in [1.82, 2.24) is 5.32 Å². The average molecular weight is 317 g/mol. The van der Waals surface area contributed by atoms with E-state index in [9.17, 15) is 9.59 Å². The standard InChI is InChI=1S/C17H19NO5/c1-10(2)23-14-6-4-5-12(7-14)11(3)18-16(19)15-8-13(9-22-15)17(20)21/h4-11H,1-3H3,(H,18,19)(H,20,21). The number of hydrogen-bond acceptors (Lipinski definition) is 4. The number of ether oxygens (including phenoxy) is 1. The Kier molecular flexibility index (Phi) is 5.05. The molecule has 2 aromatic rings. The number of rotatable bonds is 6. The summed E-state index contributed by atoms with van der Waals surface area (Å²) in [5, 5.41) is 11.6. The maximum atomic E-state index is 12.1. The Hall–Kier alpha value is -2.76. The SMILES string of the molecule is CC(C)Oc1cccc(C(C)NC(=O)c2cc(C(=O)O)co2)c1. The summed E-state index contributed by atoms with van der Waals surface area (Å²) in [6, 6.07) is 8.35. The molecule has 0 radical (unpaired) electrons. The average Bonchev–Trinajstić information content (AvgIpc) is 2.97. The summed E-state index contributed by atoms with van der Waals surface area (Å²) in [6.07, 6.45) is 1.10. The third-order valence-corrected chi connectivity index (χ3v) is 3.15. The van der Waals surface area contributed by atoms with Crippen LogP contribution in [0.1, 0.15) is 53.3 Å². The van der Waals surface area contributed by atoms with Gasteiger partial charge in [-0.15, -0.1) is 0 Å². The van der Waals surface area contributed by atoms with Crippen molar-refractivity contribution < 1.29 is 23.8 Å². The maximum absolute atomic E-state index is 12.1. The Morgan fingerprint density at radius 3 is 2.57 bits per heavy atom. The first-order valence-electron chi connectivity index (χ1n) is 7.26. The molecule has 122 valence electrons. The number of carboxylic acid groups (broad SMARTS) is 1. The highest BCUT2D eigenvalue weighted by molar-refractivity contribution is 5.95. The van der Waals surface area contributed by atoms with E-state index in [0.717, 1.165) is 17.6 Å². The van der Waals surface area contributed by atoms with Gasteiger partial charge in [0.05, 0.1) is 17.7 Å². The number of carbonyl (C=O) groups is 2. The second kappa shape index (κ2) is 7.00. The number of furan rings is 1. The summed E-state index contributed by atoms with van der Waals surface area (Å²) in [7, 11) is 0. The molecule has 0 bridgehead atoms. The van der Waals surface area contributed by atoms with Gasteiger partial charge in [-0.2, -0.15) is 0 Å². The molecule has 1 heterocycles. The van der Waals surface area contributed by atoms with E-state index in [1.165, 1.54) is 6.07 Å². The van der Waals surface area contributed by atoms with E-state index in [4.69, 9.17) is 14.3 Å². The molecule has 0 spiro atoms. The molecule has 1 atom stereocenters. The third-order valence-electron chi connectivity index (χ3n) is 3.15. The van der Waals surface area contributed by atoms with Crippen LogP contribution in [0, 0.1) is 0 Å². The van der Waals surface area contributed by atoms with Crippen LogP contribution in [0.25, 0.3) is 0 Å². The molecule has 6 nitrogen and oxygen atoms in total. The van der Waals surface area contributed by atoms with Crippen molar-refractivity contribution in [3.63, 3.8) is 0 Å². The highest BCUT2D eigenvalue weighted by Crippen LogP contribution is 2.20. The van der Waals surface area contributed by atoms with Crippen molar-refractivity contribution in [2.75, 3.05) is 0 Å². The molecule has 1 aromatic carbocycles. The summed E-state index contributed by atoms with van der Waals surface area (Å²) in [5.74, 6) is -0.923. The lowest BCUT2D eigenvalue weighted by atomic mass is 10.1. The lowest BCUT2D eigenvalue weighted by Gasteiger charge is -2.16. The van der Waals surface area contributed by atoms with Crippen molar-refractivity contribution >= 4 is 11.9 Å². The molecule has 1 aromatic heterocycles. The van der Waals surface area contributed by atoms with Gasteiger partial charge in [-0.05, 0) is 38.5 Å². The van der Waals surface area contributed by atoms with E-state index in [1.807, 2.05) is 45.0 Å².